The Balaban J connectivity index is 1.60. The summed E-state index contributed by atoms with van der Waals surface area (Å²) >= 11 is 0. The number of amides is 1. The first-order valence-corrected chi connectivity index (χ1v) is 9.24. The van der Waals surface area contributed by atoms with Crippen molar-refractivity contribution in [2.75, 3.05) is 0 Å². The number of imidazole rings is 1. The second-order valence-corrected chi connectivity index (χ2v) is 7.08. The van der Waals surface area contributed by atoms with E-state index in [-0.39, 0.29) is 18.6 Å². The van der Waals surface area contributed by atoms with Gasteiger partial charge in [-0.15, -0.1) is 0 Å². The number of nitrogens with zero attached hydrogens (tertiary/aromatic N) is 2. The number of hydrogen-bond donors (Lipinski definition) is 2. The lowest BCUT2D eigenvalue weighted by Crippen LogP contribution is -2.31. The molecule has 5 nitrogen and oxygen atoms in total. The second kappa shape index (κ2) is 7.37. The van der Waals surface area contributed by atoms with Gasteiger partial charge in [0.25, 0.3) is 5.91 Å². The fourth-order valence-electron chi connectivity index (χ4n) is 3.49. The maximum absolute atomic E-state index is 12.9. The van der Waals surface area contributed by atoms with Gasteiger partial charge in [0.2, 0.25) is 0 Å². The van der Waals surface area contributed by atoms with E-state index in [2.05, 4.69) is 10.3 Å². The van der Waals surface area contributed by atoms with Gasteiger partial charge in [-0.05, 0) is 47.6 Å². The molecule has 1 amide bonds. The quantitative estimate of drug-likeness (QED) is 0.706. The minimum absolute atomic E-state index is 0.0322. The Kier molecular flexibility index (Phi) is 4.77. The molecule has 1 aliphatic rings. The van der Waals surface area contributed by atoms with Crippen molar-refractivity contribution in [3.05, 3.63) is 77.9 Å². The van der Waals surface area contributed by atoms with Crippen molar-refractivity contribution >= 4 is 5.91 Å². The normalized spacial score (nSPS) is 14.7. The van der Waals surface area contributed by atoms with Crippen LogP contribution in [0.5, 0.6) is 0 Å². The summed E-state index contributed by atoms with van der Waals surface area (Å²) in [6.07, 6.45) is 5.90. The standard InChI is InChI=1S/C22H23N3O2/c1-25-12-11-23-21(25)20(15-9-10-15)24-22(27)17-7-4-6-16(13-17)19-8-3-2-5-18(19)14-26/h2-8,11-13,15,20,26H,9-10,14H2,1H3,(H,24,27). The highest BCUT2D eigenvalue weighted by Crippen LogP contribution is 2.40. The molecule has 2 aromatic carbocycles. The molecule has 0 bridgehead atoms. The Labute approximate surface area is 158 Å². The highest BCUT2D eigenvalue weighted by Gasteiger charge is 2.35. The first-order chi connectivity index (χ1) is 13.2. The van der Waals surface area contributed by atoms with Gasteiger partial charge in [0.15, 0.2) is 0 Å². The lowest BCUT2D eigenvalue weighted by atomic mass is 9.98. The van der Waals surface area contributed by atoms with Gasteiger partial charge in [0, 0.05) is 25.0 Å². The third kappa shape index (κ3) is 3.64. The number of hydrogen-bond acceptors (Lipinski definition) is 3. The number of carbonyl (C=O) groups is 1. The van der Waals surface area contributed by atoms with E-state index in [1.165, 1.54) is 0 Å². The van der Waals surface area contributed by atoms with Crippen LogP contribution < -0.4 is 5.32 Å². The van der Waals surface area contributed by atoms with E-state index < -0.39 is 0 Å². The first kappa shape index (κ1) is 17.5. The molecule has 1 fully saturated rings. The molecule has 2 N–H and O–H groups in total. The van der Waals surface area contributed by atoms with Gasteiger partial charge in [0.1, 0.15) is 5.82 Å². The molecule has 27 heavy (non-hydrogen) atoms. The first-order valence-electron chi connectivity index (χ1n) is 9.24. The molecule has 1 atom stereocenters. The molecule has 3 aromatic rings. The molecule has 1 unspecified atom stereocenters. The maximum atomic E-state index is 12.9. The van der Waals surface area contributed by atoms with Gasteiger partial charge in [-0.2, -0.15) is 0 Å². The zero-order valence-corrected chi connectivity index (χ0v) is 15.3. The summed E-state index contributed by atoms with van der Waals surface area (Å²) in [4.78, 5) is 17.4. The number of rotatable bonds is 6. The Hall–Kier alpha value is -2.92. The molecule has 138 valence electrons. The number of benzene rings is 2. The lowest BCUT2D eigenvalue weighted by molar-refractivity contribution is 0.0929. The van der Waals surface area contributed by atoms with Crippen molar-refractivity contribution in [3.8, 4) is 11.1 Å². The van der Waals surface area contributed by atoms with Gasteiger partial charge >= 0.3 is 0 Å². The molecule has 1 aromatic heterocycles. The van der Waals surface area contributed by atoms with Gasteiger partial charge in [-0.25, -0.2) is 4.98 Å². The molecule has 1 saturated carbocycles. The van der Waals surface area contributed by atoms with Crippen LogP contribution in [0, 0.1) is 5.92 Å². The predicted octanol–water partition coefficient (Wildman–Crippen LogP) is 3.46. The van der Waals surface area contributed by atoms with Crippen LogP contribution >= 0.6 is 0 Å². The SMILES string of the molecule is Cn1ccnc1C(NC(=O)c1cccc(-c2ccccc2CO)c1)C1CC1. The van der Waals surface area contributed by atoms with Crippen molar-refractivity contribution in [1.29, 1.82) is 0 Å². The number of nitrogens with one attached hydrogen (secondary N) is 1. The van der Waals surface area contributed by atoms with Crippen LogP contribution in [0.2, 0.25) is 0 Å². The third-order valence-electron chi connectivity index (χ3n) is 5.14. The highest BCUT2D eigenvalue weighted by molar-refractivity contribution is 5.95. The van der Waals surface area contributed by atoms with E-state index in [4.69, 9.17) is 0 Å². The van der Waals surface area contributed by atoms with Gasteiger partial charge in [-0.1, -0.05) is 36.4 Å². The number of carbonyl (C=O) groups excluding carboxylic acids is 1. The van der Waals surface area contributed by atoms with E-state index in [1.807, 2.05) is 66.3 Å². The fraction of sp³-hybridized carbons (Fsp3) is 0.273. The molecular formula is C22H23N3O2. The molecule has 1 heterocycles. The van der Waals surface area contributed by atoms with Crippen LogP contribution in [0.3, 0.4) is 0 Å². The topological polar surface area (TPSA) is 67.2 Å². The van der Waals surface area contributed by atoms with E-state index in [0.29, 0.717) is 11.5 Å². The molecule has 5 heteroatoms. The van der Waals surface area contributed by atoms with Crippen molar-refractivity contribution < 1.29 is 9.90 Å². The summed E-state index contributed by atoms with van der Waals surface area (Å²) in [5.41, 5.74) is 3.32. The molecular weight excluding hydrogens is 338 g/mol. The van der Waals surface area contributed by atoms with E-state index in [1.54, 1.807) is 6.20 Å². The molecule has 0 aliphatic heterocycles. The monoisotopic (exact) mass is 361 g/mol. The summed E-state index contributed by atoms with van der Waals surface area (Å²) in [5, 5.41) is 12.8. The van der Waals surface area contributed by atoms with Crippen LogP contribution in [0.1, 0.15) is 40.6 Å². The maximum Gasteiger partial charge on any atom is 0.251 e. The number of aryl methyl sites for hydroxylation is 1. The van der Waals surface area contributed by atoms with Crippen LogP contribution in [0.15, 0.2) is 60.9 Å². The third-order valence-corrected chi connectivity index (χ3v) is 5.14. The van der Waals surface area contributed by atoms with Crippen LogP contribution in [0.4, 0.5) is 0 Å². The number of aliphatic hydroxyl groups is 1. The van der Waals surface area contributed by atoms with Crippen molar-refractivity contribution in [2.45, 2.75) is 25.5 Å². The average Bonchev–Trinajstić information content (AvgIpc) is 3.47. The van der Waals surface area contributed by atoms with Crippen molar-refractivity contribution in [1.82, 2.24) is 14.9 Å². The Bertz CT molecular complexity index is 959. The summed E-state index contributed by atoms with van der Waals surface area (Å²) < 4.78 is 1.97. The summed E-state index contributed by atoms with van der Waals surface area (Å²) in [5.74, 6) is 1.25. The van der Waals surface area contributed by atoms with Crippen LogP contribution in [0.25, 0.3) is 11.1 Å². The molecule has 0 radical (unpaired) electrons. The van der Waals surface area contributed by atoms with E-state index in [0.717, 1.165) is 35.4 Å². The zero-order valence-electron chi connectivity index (χ0n) is 15.3. The molecule has 0 spiro atoms. The predicted molar refractivity (Wildman–Crippen MR) is 104 cm³/mol. The number of aromatic nitrogens is 2. The Morgan fingerprint density at radius 3 is 2.78 bits per heavy atom. The second-order valence-electron chi connectivity index (χ2n) is 7.08. The van der Waals surface area contributed by atoms with Crippen LogP contribution in [-0.4, -0.2) is 20.6 Å². The lowest BCUT2D eigenvalue weighted by Gasteiger charge is -2.18. The van der Waals surface area contributed by atoms with E-state index >= 15 is 0 Å². The largest absolute Gasteiger partial charge is 0.392 e. The smallest absolute Gasteiger partial charge is 0.251 e. The molecule has 1 aliphatic carbocycles. The minimum Gasteiger partial charge on any atom is -0.392 e. The zero-order chi connectivity index (χ0) is 18.8. The molecule has 0 saturated heterocycles. The van der Waals surface area contributed by atoms with E-state index in [9.17, 15) is 9.90 Å². The summed E-state index contributed by atoms with van der Waals surface area (Å²) in [7, 11) is 1.95. The van der Waals surface area contributed by atoms with Crippen molar-refractivity contribution in [3.63, 3.8) is 0 Å². The number of aliphatic hydroxyl groups excluding tert-OH is 1. The summed E-state index contributed by atoms with van der Waals surface area (Å²) in [6.45, 7) is -0.0322. The van der Waals surface area contributed by atoms with Crippen molar-refractivity contribution in [2.24, 2.45) is 13.0 Å². The van der Waals surface area contributed by atoms with Crippen LogP contribution in [-0.2, 0) is 13.7 Å². The van der Waals surface area contributed by atoms with Gasteiger partial charge < -0.3 is 15.0 Å². The summed E-state index contributed by atoms with van der Waals surface area (Å²) in [6, 6.07) is 15.2. The highest BCUT2D eigenvalue weighted by atomic mass is 16.3. The van der Waals surface area contributed by atoms with Gasteiger partial charge in [0.05, 0.1) is 12.6 Å². The van der Waals surface area contributed by atoms with Gasteiger partial charge in [-0.3, -0.25) is 4.79 Å². The molecule has 4 rings (SSSR count). The Morgan fingerprint density at radius 2 is 2.07 bits per heavy atom. The Morgan fingerprint density at radius 1 is 1.26 bits per heavy atom. The average molecular weight is 361 g/mol. The minimum atomic E-state index is -0.0989. The fourth-order valence-corrected chi connectivity index (χ4v) is 3.49.